The summed E-state index contributed by atoms with van der Waals surface area (Å²) in [5, 5.41) is 0. The van der Waals surface area contributed by atoms with Gasteiger partial charge in [-0.2, -0.15) is 0 Å². The van der Waals surface area contributed by atoms with Gasteiger partial charge in [0.2, 0.25) is 0 Å². The Morgan fingerprint density at radius 2 is 1.72 bits per heavy atom. The molecule has 0 fully saturated rings. The molecule has 1 atom stereocenters. The molecular weight excluding hydrogens is 432 g/mol. The summed E-state index contributed by atoms with van der Waals surface area (Å²) in [5.41, 5.74) is 7.15. The van der Waals surface area contributed by atoms with Gasteiger partial charge >= 0.3 is 11.9 Å². The van der Waals surface area contributed by atoms with Crippen LogP contribution in [0.5, 0.6) is 0 Å². The second-order valence-corrected chi connectivity index (χ2v) is 7.79. The highest BCUT2D eigenvalue weighted by atomic mass is 32.1. The molecule has 0 saturated heterocycles. The zero-order valence-corrected chi connectivity index (χ0v) is 18.0. The third kappa shape index (κ3) is 3.50. The third-order valence-electron chi connectivity index (χ3n) is 4.96. The normalized spacial score (nSPS) is 16.0. The minimum atomic E-state index is -0.923. The summed E-state index contributed by atoms with van der Waals surface area (Å²) in [5.74, 6) is -2.50. The van der Waals surface area contributed by atoms with Gasteiger partial charge in [0.05, 0.1) is 35.8 Å². The van der Waals surface area contributed by atoms with Crippen LogP contribution in [0, 0.1) is 0 Å². The molecule has 4 heterocycles. The lowest BCUT2D eigenvalue weighted by Crippen LogP contribution is -2.41. The van der Waals surface area contributed by atoms with Crippen molar-refractivity contribution in [3.05, 3.63) is 85.3 Å². The number of ether oxygens (including phenoxy) is 2. The molecule has 3 aromatic heterocycles. The van der Waals surface area contributed by atoms with Crippen LogP contribution in [0.1, 0.15) is 17.0 Å². The molecule has 0 spiro atoms. The van der Waals surface area contributed by atoms with Gasteiger partial charge in [-0.1, -0.05) is 12.1 Å². The van der Waals surface area contributed by atoms with E-state index in [0.29, 0.717) is 15.7 Å². The van der Waals surface area contributed by atoms with Crippen LogP contribution in [0.4, 0.5) is 0 Å². The summed E-state index contributed by atoms with van der Waals surface area (Å²) in [6, 6.07) is 6.91. The molecule has 162 valence electrons. The summed E-state index contributed by atoms with van der Waals surface area (Å²) in [4.78, 5) is 47.1. The van der Waals surface area contributed by atoms with Gasteiger partial charge in [0.15, 0.2) is 0 Å². The molecular formula is C22H18N4O5S. The molecule has 1 aliphatic rings. The number of esters is 2. The van der Waals surface area contributed by atoms with Gasteiger partial charge < -0.3 is 15.2 Å². The number of thiazole rings is 1. The van der Waals surface area contributed by atoms with Gasteiger partial charge in [-0.25, -0.2) is 9.59 Å². The van der Waals surface area contributed by atoms with Crippen molar-refractivity contribution in [3.8, 4) is 0 Å². The predicted molar refractivity (Wildman–Crippen MR) is 117 cm³/mol. The number of methoxy groups -OCH3 is 2. The number of rotatable bonds is 4. The number of pyridine rings is 2. The SMILES string of the molecule is COC(=O)C1=C(N)n2c(s/c(=C/c3cccnc3)c2=O)=C(C(=O)OC)[C@@H]1c1cccnc1. The second kappa shape index (κ2) is 8.60. The van der Waals surface area contributed by atoms with Gasteiger partial charge in [0, 0.05) is 24.8 Å². The Morgan fingerprint density at radius 3 is 2.31 bits per heavy atom. The second-order valence-electron chi connectivity index (χ2n) is 6.76. The highest BCUT2D eigenvalue weighted by molar-refractivity contribution is 7.07. The summed E-state index contributed by atoms with van der Waals surface area (Å²) in [6.07, 6.45) is 7.95. The molecule has 0 saturated carbocycles. The van der Waals surface area contributed by atoms with E-state index in [1.54, 1.807) is 48.9 Å². The lowest BCUT2D eigenvalue weighted by atomic mass is 9.84. The van der Waals surface area contributed by atoms with E-state index in [-0.39, 0.29) is 21.6 Å². The van der Waals surface area contributed by atoms with Crippen molar-refractivity contribution < 1.29 is 19.1 Å². The minimum absolute atomic E-state index is 0.0405. The summed E-state index contributed by atoms with van der Waals surface area (Å²) < 4.78 is 11.7. The van der Waals surface area contributed by atoms with Crippen molar-refractivity contribution in [1.29, 1.82) is 0 Å². The van der Waals surface area contributed by atoms with Crippen LogP contribution in [0.3, 0.4) is 0 Å². The first-order valence-electron chi connectivity index (χ1n) is 9.42. The number of nitrogens with two attached hydrogens (primary N) is 1. The molecule has 9 nitrogen and oxygen atoms in total. The topological polar surface area (TPSA) is 126 Å². The van der Waals surface area contributed by atoms with E-state index in [2.05, 4.69) is 9.97 Å². The van der Waals surface area contributed by atoms with Gasteiger partial charge in [-0.3, -0.25) is 19.3 Å². The van der Waals surface area contributed by atoms with Gasteiger partial charge in [-0.05, 0) is 29.3 Å². The average molecular weight is 450 g/mol. The Morgan fingerprint density at radius 1 is 1.06 bits per heavy atom. The third-order valence-corrected chi connectivity index (χ3v) is 6.07. The Hall–Kier alpha value is -4.05. The van der Waals surface area contributed by atoms with Crippen molar-refractivity contribution in [2.45, 2.75) is 5.92 Å². The molecule has 0 bridgehead atoms. The number of hydrogen-bond acceptors (Lipinski definition) is 9. The van der Waals surface area contributed by atoms with Crippen molar-refractivity contribution in [3.63, 3.8) is 0 Å². The van der Waals surface area contributed by atoms with Crippen LogP contribution >= 0.6 is 11.3 Å². The lowest BCUT2D eigenvalue weighted by Gasteiger charge is -2.26. The maximum atomic E-state index is 13.3. The zero-order valence-electron chi connectivity index (χ0n) is 17.1. The van der Waals surface area contributed by atoms with Gasteiger partial charge in [0.25, 0.3) is 5.56 Å². The molecule has 4 rings (SSSR count). The van der Waals surface area contributed by atoms with E-state index in [1.807, 2.05) is 0 Å². The minimum Gasteiger partial charge on any atom is -0.466 e. The van der Waals surface area contributed by atoms with Crippen LogP contribution in [-0.4, -0.2) is 40.7 Å². The Balaban J connectivity index is 2.14. The largest absolute Gasteiger partial charge is 0.466 e. The first-order valence-corrected chi connectivity index (χ1v) is 10.2. The number of aromatic nitrogens is 3. The standard InChI is InChI=1S/C22H18N4O5S/c1-30-21(28)16-15(13-6-4-8-25-11-13)17(22(29)31-2)20-26(18(16)23)19(27)14(32-20)9-12-5-3-7-24-10-12/h3-11,15H,23H2,1-2H3/b14-9+/t15-/m1/s1. The van der Waals surface area contributed by atoms with Crippen LogP contribution in [0.25, 0.3) is 17.5 Å². The number of carbonyl (C=O) groups is 2. The smallest absolute Gasteiger partial charge is 0.338 e. The van der Waals surface area contributed by atoms with Crippen LogP contribution in [0.2, 0.25) is 0 Å². The van der Waals surface area contributed by atoms with E-state index in [1.165, 1.54) is 20.4 Å². The molecule has 0 aliphatic carbocycles. The summed E-state index contributed by atoms with van der Waals surface area (Å²) in [6.45, 7) is 0. The molecule has 32 heavy (non-hydrogen) atoms. The number of hydrogen-bond donors (Lipinski definition) is 1. The van der Waals surface area contributed by atoms with Crippen molar-refractivity contribution in [2.75, 3.05) is 14.2 Å². The van der Waals surface area contributed by atoms with Crippen molar-refractivity contribution in [1.82, 2.24) is 14.5 Å². The molecule has 0 unspecified atom stereocenters. The van der Waals surface area contributed by atoms with Gasteiger partial charge in [0.1, 0.15) is 10.5 Å². The number of carbonyl (C=O) groups excluding carboxylic acids is 2. The fraction of sp³-hybridized carbons (Fsp3) is 0.136. The van der Waals surface area contributed by atoms with E-state index >= 15 is 0 Å². The van der Waals surface area contributed by atoms with E-state index in [4.69, 9.17) is 15.2 Å². The molecule has 2 N–H and O–H groups in total. The Bertz CT molecular complexity index is 1410. The molecule has 10 heteroatoms. The molecule has 3 aromatic rings. The predicted octanol–water partition coefficient (Wildman–Crippen LogP) is -0.0500. The van der Waals surface area contributed by atoms with Crippen molar-refractivity contribution >= 4 is 40.7 Å². The fourth-order valence-electron chi connectivity index (χ4n) is 3.56. The first kappa shape index (κ1) is 21.2. The quantitative estimate of drug-likeness (QED) is 0.549. The zero-order chi connectivity index (χ0) is 22.8. The average Bonchev–Trinajstić information content (AvgIpc) is 3.15. The number of fused-ring (bicyclic) bond motifs is 1. The highest BCUT2D eigenvalue weighted by Crippen LogP contribution is 2.37. The highest BCUT2D eigenvalue weighted by Gasteiger charge is 2.39. The molecule has 0 amide bonds. The summed E-state index contributed by atoms with van der Waals surface area (Å²) in [7, 11) is 2.43. The Kier molecular flexibility index (Phi) is 5.69. The van der Waals surface area contributed by atoms with Crippen LogP contribution in [0.15, 0.2) is 59.4 Å². The van der Waals surface area contributed by atoms with Crippen LogP contribution < -0.4 is 20.5 Å². The molecule has 0 radical (unpaired) electrons. The monoisotopic (exact) mass is 450 g/mol. The van der Waals surface area contributed by atoms with E-state index in [0.717, 1.165) is 15.9 Å². The molecule has 1 aliphatic heterocycles. The van der Waals surface area contributed by atoms with E-state index < -0.39 is 23.4 Å². The van der Waals surface area contributed by atoms with Crippen molar-refractivity contribution in [2.24, 2.45) is 5.73 Å². The fourth-order valence-corrected chi connectivity index (χ4v) is 4.72. The summed E-state index contributed by atoms with van der Waals surface area (Å²) >= 11 is 1.07. The molecule has 0 aromatic carbocycles. The lowest BCUT2D eigenvalue weighted by molar-refractivity contribution is -0.136. The van der Waals surface area contributed by atoms with Gasteiger partial charge in [-0.15, -0.1) is 11.3 Å². The van der Waals surface area contributed by atoms with E-state index in [9.17, 15) is 14.4 Å². The van der Waals surface area contributed by atoms with Crippen LogP contribution in [-0.2, 0) is 19.1 Å². The number of nitrogens with zero attached hydrogens (tertiary/aromatic N) is 3. The maximum Gasteiger partial charge on any atom is 0.338 e. The Labute approximate surface area is 185 Å². The first-order chi connectivity index (χ1) is 15.5. The maximum absolute atomic E-state index is 13.3.